The molecular weight excluding hydrogens is 490 g/mol. The van der Waals surface area contributed by atoms with E-state index in [0.29, 0.717) is 35.5 Å². The first-order chi connectivity index (χ1) is 18.0. The summed E-state index contributed by atoms with van der Waals surface area (Å²) in [6.45, 7) is 3.70. The molecule has 2 heterocycles. The lowest BCUT2D eigenvalue weighted by Gasteiger charge is -2.28. The third-order valence-corrected chi connectivity index (χ3v) is 7.55. The number of amides is 1. The average Bonchev–Trinajstić information content (AvgIpc) is 3.68. The molecule has 1 aliphatic carbocycles. The summed E-state index contributed by atoms with van der Waals surface area (Å²) in [5.41, 5.74) is 2.48. The highest BCUT2D eigenvalue weighted by molar-refractivity contribution is 6.30. The van der Waals surface area contributed by atoms with Crippen molar-refractivity contribution in [2.75, 3.05) is 20.3 Å². The van der Waals surface area contributed by atoms with Crippen molar-refractivity contribution in [3.8, 4) is 23.1 Å². The van der Waals surface area contributed by atoms with Crippen LogP contribution in [-0.2, 0) is 16.1 Å². The maximum atomic E-state index is 13.7. The molecule has 0 N–H and O–H groups in total. The molecule has 1 saturated heterocycles. The molecule has 0 radical (unpaired) electrons. The zero-order valence-electron chi connectivity index (χ0n) is 21.5. The van der Waals surface area contributed by atoms with Crippen LogP contribution in [-0.4, -0.2) is 47.0 Å². The summed E-state index contributed by atoms with van der Waals surface area (Å²) in [6, 6.07) is 15.0. The van der Waals surface area contributed by atoms with Crippen molar-refractivity contribution in [3.05, 3.63) is 64.8 Å². The molecule has 2 fully saturated rings. The molecule has 1 amide bonds. The van der Waals surface area contributed by atoms with E-state index in [1.54, 1.807) is 11.8 Å². The fourth-order valence-electron chi connectivity index (χ4n) is 5.28. The third-order valence-electron chi connectivity index (χ3n) is 7.30. The topological polar surface area (TPSA) is 65.8 Å². The number of benzene rings is 2. The van der Waals surface area contributed by atoms with Crippen LogP contribution in [0.4, 0.5) is 0 Å². The van der Waals surface area contributed by atoms with E-state index in [9.17, 15) is 4.79 Å². The van der Waals surface area contributed by atoms with E-state index >= 15 is 0 Å². The van der Waals surface area contributed by atoms with Gasteiger partial charge in [-0.3, -0.25) is 4.79 Å². The lowest BCUT2D eigenvalue weighted by molar-refractivity contribution is -0.137. The number of aryl methyl sites for hydroxylation is 1. The molecule has 5 rings (SSSR count). The molecule has 1 atom stereocenters. The number of hydrogen-bond donors (Lipinski definition) is 0. The second-order valence-electron chi connectivity index (χ2n) is 9.85. The molecule has 2 aromatic carbocycles. The lowest BCUT2D eigenvalue weighted by atomic mass is 10.1. The molecule has 0 bridgehead atoms. The molecule has 196 valence electrons. The van der Waals surface area contributed by atoms with Crippen molar-refractivity contribution in [1.29, 1.82) is 0 Å². The van der Waals surface area contributed by atoms with Gasteiger partial charge in [0.1, 0.15) is 0 Å². The molecule has 3 aromatic rings. The number of nitrogens with zero attached hydrogens (tertiary/aromatic N) is 3. The van der Waals surface area contributed by atoms with E-state index < -0.39 is 0 Å². The molecular formula is C29H34ClN3O4. The number of rotatable bonds is 9. The number of carbonyl (C=O) groups is 1. The summed E-state index contributed by atoms with van der Waals surface area (Å²) in [5, 5.41) is 5.49. The van der Waals surface area contributed by atoms with E-state index in [4.69, 9.17) is 30.9 Å². The van der Waals surface area contributed by atoms with Gasteiger partial charge in [0.05, 0.1) is 36.7 Å². The maximum Gasteiger partial charge on any atom is 0.228 e. The Balaban J connectivity index is 1.54. The van der Waals surface area contributed by atoms with Crippen LogP contribution in [0.2, 0.25) is 5.02 Å². The number of para-hydroxylation sites is 2. The Hall–Kier alpha value is -3.03. The zero-order chi connectivity index (χ0) is 25.8. The average molecular weight is 524 g/mol. The number of hydrogen-bond acceptors (Lipinski definition) is 5. The first-order valence-electron chi connectivity index (χ1n) is 13.1. The summed E-state index contributed by atoms with van der Waals surface area (Å²) in [7, 11) is 1.62. The van der Waals surface area contributed by atoms with Gasteiger partial charge in [-0.05, 0) is 69.0 Å². The Labute approximate surface area is 223 Å². The molecule has 8 heteroatoms. The lowest BCUT2D eigenvalue weighted by Crippen LogP contribution is -2.40. The van der Waals surface area contributed by atoms with E-state index in [0.717, 1.165) is 62.1 Å². The van der Waals surface area contributed by atoms with Crippen LogP contribution in [0.3, 0.4) is 0 Å². The number of halogens is 1. The van der Waals surface area contributed by atoms with Gasteiger partial charge in [0.15, 0.2) is 11.5 Å². The molecule has 0 unspecified atom stereocenters. The van der Waals surface area contributed by atoms with Gasteiger partial charge in [0.25, 0.3) is 0 Å². The fraction of sp³-hybridized carbons (Fsp3) is 0.448. The van der Waals surface area contributed by atoms with E-state index in [2.05, 4.69) is 0 Å². The van der Waals surface area contributed by atoms with Gasteiger partial charge in [0.2, 0.25) is 11.8 Å². The summed E-state index contributed by atoms with van der Waals surface area (Å²) in [6.07, 6.45) is 6.20. The molecule has 1 aromatic heterocycles. The molecule has 7 nitrogen and oxygen atoms in total. The molecule has 2 aliphatic rings. The largest absolute Gasteiger partial charge is 0.493 e. The smallest absolute Gasteiger partial charge is 0.228 e. The van der Waals surface area contributed by atoms with Crippen molar-refractivity contribution >= 4 is 17.5 Å². The van der Waals surface area contributed by atoms with Crippen LogP contribution in [0, 0.1) is 12.8 Å². The fourth-order valence-corrected chi connectivity index (χ4v) is 5.40. The molecule has 1 aliphatic heterocycles. The van der Waals surface area contributed by atoms with Crippen molar-refractivity contribution in [3.63, 3.8) is 0 Å². The van der Waals surface area contributed by atoms with Crippen molar-refractivity contribution in [2.24, 2.45) is 5.92 Å². The van der Waals surface area contributed by atoms with Gasteiger partial charge in [0, 0.05) is 24.1 Å². The highest BCUT2D eigenvalue weighted by Gasteiger charge is 2.32. The van der Waals surface area contributed by atoms with Gasteiger partial charge in [-0.1, -0.05) is 36.6 Å². The van der Waals surface area contributed by atoms with Crippen molar-refractivity contribution in [2.45, 2.75) is 58.1 Å². The van der Waals surface area contributed by atoms with Gasteiger partial charge < -0.3 is 19.1 Å². The molecule has 0 spiro atoms. The Morgan fingerprint density at radius 1 is 1.08 bits per heavy atom. The monoisotopic (exact) mass is 523 g/mol. The van der Waals surface area contributed by atoms with Crippen LogP contribution >= 0.6 is 11.6 Å². The van der Waals surface area contributed by atoms with E-state index in [1.807, 2.05) is 60.4 Å². The summed E-state index contributed by atoms with van der Waals surface area (Å²) >= 11 is 6.16. The summed E-state index contributed by atoms with van der Waals surface area (Å²) in [5.74, 6) is 2.03. The van der Waals surface area contributed by atoms with Gasteiger partial charge in [-0.25, -0.2) is 4.68 Å². The first-order valence-corrected chi connectivity index (χ1v) is 13.5. The van der Waals surface area contributed by atoms with Crippen molar-refractivity contribution < 1.29 is 19.0 Å². The van der Waals surface area contributed by atoms with E-state index in [1.165, 1.54) is 0 Å². The minimum Gasteiger partial charge on any atom is -0.493 e. The summed E-state index contributed by atoms with van der Waals surface area (Å²) in [4.78, 5) is 15.7. The predicted molar refractivity (Wildman–Crippen MR) is 143 cm³/mol. The Kier molecular flexibility index (Phi) is 8.01. The highest BCUT2D eigenvalue weighted by atomic mass is 35.5. The van der Waals surface area contributed by atoms with Crippen molar-refractivity contribution in [1.82, 2.24) is 14.7 Å². The Morgan fingerprint density at radius 3 is 2.49 bits per heavy atom. The number of methoxy groups -OCH3 is 1. The molecule has 1 saturated carbocycles. The quantitative estimate of drug-likeness (QED) is 0.328. The van der Waals surface area contributed by atoms with Gasteiger partial charge in [-0.2, -0.15) is 5.10 Å². The summed E-state index contributed by atoms with van der Waals surface area (Å²) < 4.78 is 19.8. The number of carbonyl (C=O) groups excluding carboxylic acids is 1. The normalized spacial score (nSPS) is 17.8. The Bertz CT molecular complexity index is 1210. The standard InChI is InChI=1S/C29H34ClN3O4/c1-20-25(19-32(18-24-10-7-17-36-24)28(34)21-8-3-4-9-21)29(37-27-12-6-5-11-26(27)35-2)33(31-20)23-15-13-22(30)14-16-23/h5-6,11-16,21,24H,3-4,7-10,17-19H2,1-2H3/t24-/m1/s1. The minimum atomic E-state index is 0.0653. The second-order valence-corrected chi connectivity index (χ2v) is 10.3. The van der Waals surface area contributed by atoms with Gasteiger partial charge in [-0.15, -0.1) is 0 Å². The van der Waals surface area contributed by atoms with Crippen LogP contribution in [0.1, 0.15) is 49.8 Å². The second kappa shape index (κ2) is 11.6. The maximum absolute atomic E-state index is 13.7. The van der Waals surface area contributed by atoms with E-state index in [-0.39, 0.29) is 17.9 Å². The van der Waals surface area contributed by atoms with Crippen LogP contribution in [0.15, 0.2) is 48.5 Å². The Morgan fingerprint density at radius 2 is 1.81 bits per heavy atom. The van der Waals surface area contributed by atoms with Crippen LogP contribution < -0.4 is 9.47 Å². The predicted octanol–water partition coefficient (Wildman–Crippen LogP) is 6.33. The van der Waals surface area contributed by atoms with Crippen LogP contribution in [0.25, 0.3) is 5.69 Å². The number of ether oxygens (including phenoxy) is 3. The van der Waals surface area contributed by atoms with Gasteiger partial charge >= 0.3 is 0 Å². The third kappa shape index (κ3) is 5.78. The molecule has 37 heavy (non-hydrogen) atoms. The first kappa shape index (κ1) is 25.6. The SMILES string of the molecule is COc1ccccc1Oc1c(CN(C[C@H]2CCCO2)C(=O)C2CCCC2)c(C)nn1-c1ccc(Cl)cc1. The zero-order valence-corrected chi connectivity index (χ0v) is 22.2. The van der Waals surface area contributed by atoms with Crippen LogP contribution in [0.5, 0.6) is 17.4 Å². The number of aromatic nitrogens is 2. The minimum absolute atomic E-state index is 0.0653. The highest BCUT2D eigenvalue weighted by Crippen LogP contribution is 2.37.